The van der Waals surface area contributed by atoms with Crippen LogP contribution in [0.2, 0.25) is 5.02 Å². The monoisotopic (exact) mass is 228 g/mol. The van der Waals surface area contributed by atoms with Crippen LogP contribution < -0.4 is 9.47 Å². The minimum Gasteiger partial charge on any atom is -0.454 e. The van der Waals surface area contributed by atoms with Gasteiger partial charge >= 0.3 is 0 Å². The molecule has 0 spiro atoms. The highest BCUT2D eigenvalue weighted by Gasteiger charge is 2.31. The highest BCUT2D eigenvalue weighted by molar-refractivity contribution is 6.31. The molecule has 0 unspecified atom stereocenters. The zero-order valence-electron chi connectivity index (χ0n) is 8.71. The highest BCUT2D eigenvalue weighted by atomic mass is 35.5. The van der Waals surface area contributed by atoms with Crippen molar-refractivity contribution in [2.24, 2.45) is 0 Å². The standard InChI is InChI=1S/C11H13ClO3/c1-11(2,5-13)9-7(12)3-4-8-10(9)15-6-14-8/h3-4,13H,5-6H2,1-2H3. The van der Waals surface area contributed by atoms with Gasteiger partial charge in [0.05, 0.1) is 6.61 Å². The fourth-order valence-corrected chi connectivity index (χ4v) is 2.06. The van der Waals surface area contributed by atoms with Crippen molar-refractivity contribution in [3.63, 3.8) is 0 Å². The van der Waals surface area contributed by atoms with Gasteiger partial charge in [0, 0.05) is 16.0 Å². The van der Waals surface area contributed by atoms with Crippen LogP contribution in [-0.2, 0) is 5.41 Å². The molecule has 1 aromatic carbocycles. The summed E-state index contributed by atoms with van der Waals surface area (Å²) < 4.78 is 10.7. The number of ether oxygens (including phenoxy) is 2. The summed E-state index contributed by atoms with van der Waals surface area (Å²) in [5.74, 6) is 1.34. The van der Waals surface area contributed by atoms with E-state index in [2.05, 4.69) is 0 Å². The molecule has 0 aliphatic carbocycles. The number of hydrogen-bond donors (Lipinski definition) is 1. The first kappa shape index (κ1) is 10.6. The van der Waals surface area contributed by atoms with Gasteiger partial charge in [0.15, 0.2) is 11.5 Å². The van der Waals surface area contributed by atoms with Crippen molar-refractivity contribution in [3.8, 4) is 11.5 Å². The third-order valence-corrected chi connectivity index (χ3v) is 2.88. The fraction of sp³-hybridized carbons (Fsp3) is 0.455. The molecule has 1 aromatic rings. The van der Waals surface area contributed by atoms with E-state index >= 15 is 0 Å². The average Bonchev–Trinajstić information content (AvgIpc) is 2.64. The van der Waals surface area contributed by atoms with E-state index in [0.29, 0.717) is 16.5 Å². The Hall–Kier alpha value is -0.930. The summed E-state index contributed by atoms with van der Waals surface area (Å²) in [6.07, 6.45) is 0. The largest absolute Gasteiger partial charge is 0.454 e. The molecule has 0 bridgehead atoms. The van der Waals surface area contributed by atoms with E-state index in [0.717, 1.165) is 5.56 Å². The molecule has 0 atom stereocenters. The van der Waals surface area contributed by atoms with Crippen molar-refractivity contribution in [2.45, 2.75) is 19.3 Å². The van der Waals surface area contributed by atoms with Crippen LogP contribution in [-0.4, -0.2) is 18.5 Å². The van der Waals surface area contributed by atoms with Gasteiger partial charge in [-0.05, 0) is 12.1 Å². The van der Waals surface area contributed by atoms with Gasteiger partial charge < -0.3 is 14.6 Å². The molecule has 3 nitrogen and oxygen atoms in total. The minimum atomic E-state index is -0.434. The molecule has 0 aromatic heterocycles. The first-order valence-corrected chi connectivity index (χ1v) is 5.13. The third-order valence-electron chi connectivity index (χ3n) is 2.56. The SMILES string of the molecule is CC(C)(CO)c1c(Cl)ccc2c1OCO2. The van der Waals surface area contributed by atoms with Gasteiger partial charge in [-0.15, -0.1) is 0 Å². The number of rotatable bonds is 2. The van der Waals surface area contributed by atoms with Crippen LogP contribution in [0, 0.1) is 0 Å². The Morgan fingerprint density at radius 3 is 2.80 bits per heavy atom. The number of aliphatic hydroxyl groups is 1. The predicted molar refractivity (Wildman–Crippen MR) is 57.7 cm³/mol. The van der Waals surface area contributed by atoms with Crippen LogP contribution >= 0.6 is 11.6 Å². The van der Waals surface area contributed by atoms with Crippen molar-refractivity contribution in [1.29, 1.82) is 0 Å². The molecule has 0 radical (unpaired) electrons. The summed E-state index contributed by atoms with van der Waals surface area (Å²) in [6, 6.07) is 3.55. The number of fused-ring (bicyclic) bond motifs is 1. The quantitative estimate of drug-likeness (QED) is 0.845. The number of aliphatic hydroxyl groups excluding tert-OH is 1. The van der Waals surface area contributed by atoms with E-state index in [9.17, 15) is 5.11 Å². The Morgan fingerprint density at radius 2 is 2.13 bits per heavy atom. The molecule has 1 aliphatic heterocycles. The molecule has 0 saturated carbocycles. The second kappa shape index (κ2) is 3.58. The summed E-state index contributed by atoms with van der Waals surface area (Å²) in [5.41, 5.74) is 0.373. The molecule has 15 heavy (non-hydrogen) atoms. The maximum absolute atomic E-state index is 9.35. The molecule has 82 valence electrons. The lowest BCUT2D eigenvalue weighted by atomic mass is 9.84. The zero-order chi connectivity index (χ0) is 11.1. The third kappa shape index (κ3) is 1.66. The topological polar surface area (TPSA) is 38.7 Å². The van der Waals surface area contributed by atoms with Crippen molar-refractivity contribution < 1.29 is 14.6 Å². The van der Waals surface area contributed by atoms with E-state index in [4.69, 9.17) is 21.1 Å². The lowest BCUT2D eigenvalue weighted by Gasteiger charge is -2.24. The maximum atomic E-state index is 9.35. The average molecular weight is 229 g/mol. The highest BCUT2D eigenvalue weighted by Crippen LogP contribution is 2.45. The number of benzene rings is 1. The van der Waals surface area contributed by atoms with Crippen LogP contribution in [0.15, 0.2) is 12.1 Å². The molecule has 4 heteroatoms. The Bertz CT molecular complexity index is 388. The van der Waals surface area contributed by atoms with Gasteiger partial charge in [-0.1, -0.05) is 25.4 Å². The second-order valence-corrected chi connectivity index (χ2v) is 4.61. The molecule has 1 N–H and O–H groups in total. The molecule has 0 saturated heterocycles. The molecule has 2 rings (SSSR count). The Balaban J connectivity index is 2.60. The summed E-state index contributed by atoms with van der Waals surface area (Å²) in [7, 11) is 0. The minimum absolute atomic E-state index is 0.00648. The van der Waals surface area contributed by atoms with E-state index in [1.807, 2.05) is 13.8 Å². The Morgan fingerprint density at radius 1 is 1.40 bits per heavy atom. The van der Waals surface area contributed by atoms with Gasteiger partial charge in [0.25, 0.3) is 0 Å². The molecular formula is C11H13ClO3. The molecular weight excluding hydrogens is 216 g/mol. The number of halogens is 1. The summed E-state index contributed by atoms with van der Waals surface area (Å²) in [5, 5.41) is 9.94. The van der Waals surface area contributed by atoms with Gasteiger partial charge in [0.1, 0.15) is 0 Å². The van der Waals surface area contributed by atoms with E-state index in [1.54, 1.807) is 12.1 Å². The Kier molecular flexibility index (Phi) is 2.52. The number of hydrogen-bond acceptors (Lipinski definition) is 3. The van der Waals surface area contributed by atoms with E-state index in [1.165, 1.54) is 0 Å². The van der Waals surface area contributed by atoms with Crippen LogP contribution in [0.5, 0.6) is 11.5 Å². The van der Waals surface area contributed by atoms with Gasteiger partial charge in [0.2, 0.25) is 6.79 Å². The molecule has 1 aliphatic rings. The van der Waals surface area contributed by atoms with Crippen LogP contribution in [0.3, 0.4) is 0 Å². The normalized spacial score (nSPS) is 14.4. The molecule has 1 heterocycles. The summed E-state index contributed by atoms with van der Waals surface area (Å²) in [6.45, 7) is 4.04. The smallest absolute Gasteiger partial charge is 0.231 e. The fourth-order valence-electron chi connectivity index (χ4n) is 1.66. The van der Waals surface area contributed by atoms with Crippen molar-refractivity contribution in [3.05, 3.63) is 22.7 Å². The first-order valence-electron chi connectivity index (χ1n) is 4.76. The second-order valence-electron chi connectivity index (χ2n) is 4.20. The van der Waals surface area contributed by atoms with Crippen molar-refractivity contribution >= 4 is 11.6 Å². The lowest BCUT2D eigenvalue weighted by Crippen LogP contribution is -2.23. The van der Waals surface area contributed by atoms with Crippen molar-refractivity contribution in [1.82, 2.24) is 0 Å². The van der Waals surface area contributed by atoms with Crippen molar-refractivity contribution in [2.75, 3.05) is 13.4 Å². The van der Waals surface area contributed by atoms with Crippen LogP contribution in [0.1, 0.15) is 19.4 Å². The van der Waals surface area contributed by atoms with Gasteiger partial charge in [-0.3, -0.25) is 0 Å². The molecule has 0 fully saturated rings. The maximum Gasteiger partial charge on any atom is 0.231 e. The van der Waals surface area contributed by atoms with Gasteiger partial charge in [-0.25, -0.2) is 0 Å². The summed E-state index contributed by atoms with van der Waals surface area (Å²) >= 11 is 6.12. The van der Waals surface area contributed by atoms with E-state index < -0.39 is 5.41 Å². The summed E-state index contributed by atoms with van der Waals surface area (Å²) in [4.78, 5) is 0. The zero-order valence-corrected chi connectivity index (χ0v) is 9.47. The van der Waals surface area contributed by atoms with Crippen LogP contribution in [0.25, 0.3) is 0 Å². The first-order chi connectivity index (χ1) is 7.06. The molecule has 0 amide bonds. The van der Waals surface area contributed by atoms with Crippen LogP contribution in [0.4, 0.5) is 0 Å². The predicted octanol–water partition coefficient (Wildman–Crippen LogP) is 2.34. The lowest BCUT2D eigenvalue weighted by molar-refractivity contribution is 0.169. The van der Waals surface area contributed by atoms with Gasteiger partial charge in [-0.2, -0.15) is 0 Å². The Labute approximate surface area is 93.6 Å². The van der Waals surface area contributed by atoms with E-state index in [-0.39, 0.29) is 13.4 Å².